The van der Waals surface area contributed by atoms with Gasteiger partial charge in [-0.1, -0.05) is 30.0 Å². The number of nitrogens with zero attached hydrogens (tertiary/aromatic N) is 6. The van der Waals surface area contributed by atoms with Gasteiger partial charge in [-0.3, -0.25) is 9.69 Å². The predicted octanol–water partition coefficient (Wildman–Crippen LogP) is 5.33. The Morgan fingerprint density at radius 3 is 2.66 bits per heavy atom. The summed E-state index contributed by atoms with van der Waals surface area (Å²) in [6.07, 6.45) is 0. The van der Waals surface area contributed by atoms with Crippen molar-refractivity contribution in [3.05, 3.63) is 69.7 Å². The highest BCUT2D eigenvalue weighted by Crippen LogP contribution is 2.33. The fourth-order valence-electron chi connectivity index (χ4n) is 3.28. The average Bonchev–Trinajstić information content (AvgIpc) is 3.41. The van der Waals surface area contributed by atoms with Crippen LogP contribution in [0.5, 0.6) is 0 Å². The van der Waals surface area contributed by atoms with Crippen LogP contribution in [0.15, 0.2) is 46.9 Å². The number of anilines is 2. The molecule has 2 heterocycles. The third-order valence-corrected chi connectivity index (χ3v) is 7.22. The van der Waals surface area contributed by atoms with E-state index in [1.807, 2.05) is 43.5 Å². The molecular formula is C23H24N6OS2. The average molecular weight is 465 g/mol. The van der Waals surface area contributed by atoms with Crippen LogP contribution in [0.25, 0.3) is 5.69 Å². The third-order valence-electron chi connectivity index (χ3n) is 5.39. The van der Waals surface area contributed by atoms with E-state index in [-0.39, 0.29) is 5.91 Å². The second-order valence-electron chi connectivity index (χ2n) is 7.63. The Morgan fingerprint density at radius 1 is 1.09 bits per heavy atom. The zero-order valence-electron chi connectivity index (χ0n) is 18.7. The van der Waals surface area contributed by atoms with Gasteiger partial charge in [0.15, 0.2) is 5.13 Å². The van der Waals surface area contributed by atoms with Crippen LogP contribution in [-0.4, -0.2) is 31.1 Å². The van der Waals surface area contributed by atoms with E-state index < -0.39 is 0 Å². The minimum absolute atomic E-state index is 0.0639. The molecular weight excluding hydrogens is 440 g/mol. The van der Waals surface area contributed by atoms with Crippen LogP contribution in [0.3, 0.4) is 0 Å². The summed E-state index contributed by atoms with van der Waals surface area (Å²) in [5.74, 6) is 0.534. The molecule has 4 aromatic rings. The summed E-state index contributed by atoms with van der Waals surface area (Å²) in [6.45, 7) is 9.79. The number of carbonyl (C=O) groups is 1. The van der Waals surface area contributed by atoms with Gasteiger partial charge in [0.1, 0.15) is 0 Å². The first-order chi connectivity index (χ1) is 15.3. The van der Waals surface area contributed by atoms with E-state index >= 15 is 0 Å². The molecule has 0 atom stereocenters. The van der Waals surface area contributed by atoms with Crippen molar-refractivity contribution in [2.24, 2.45) is 0 Å². The van der Waals surface area contributed by atoms with Gasteiger partial charge in [0.05, 0.1) is 17.1 Å². The summed E-state index contributed by atoms with van der Waals surface area (Å²) in [6, 6.07) is 12.1. The molecule has 0 N–H and O–H groups in total. The smallest absolute Gasteiger partial charge is 0.230 e. The third kappa shape index (κ3) is 4.44. The first-order valence-corrected chi connectivity index (χ1v) is 12.0. The fourth-order valence-corrected chi connectivity index (χ4v) is 5.05. The molecule has 2 aromatic carbocycles. The van der Waals surface area contributed by atoms with Gasteiger partial charge in [-0.25, -0.2) is 4.98 Å². The summed E-state index contributed by atoms with van der Waals surface area (Å²) in [7, 11) is 0. The van der Waals surface area contributed by atoms with Gasteiger partial charge in [0.25, 0.3) is 0 Å². The molecule has 164 valence electrons. The quantitative estimate of drug-likeness (QED) is 0.359. The Labute approximate surface area is 195 Å². The van der Waals surface area contributed by atoms with Crippen molar-refractivity contribution in [1.29, 1.82) is 0 Å². The van der Waals surface area contributed by atoms with E-state index in [1.165, 1.54) is 34.2 Å². The number of carbonyl (C=O) groups excluding carboxylic acids is 1. The lowest BCUT2D eigenvalue weighted by Gasteiger charge is -2.21. The van der Waals surface area contributed by atoms with Crippen molar-refractivity contribution in [2.45, 2.75) is 45.5 Å². The predicted molar refractivity (Wildman–Crippen MR) is 129 cm³/mol. The zero-order valence-corrected chi connectivity index (χ0v) is 20.3. The van der Waals surface area contributed by atoms with Crippen molar-refractivity contribution in [2.75, 3.05) is 4.90 Å². The number of aryl methyl sites for hydroxylation is 3. The molecule has 32 heavy (non-hydrogen) atoms. The SMILES string of the molecule is CC(=O)N(c1nc(CSc2nnnn2-c2ccc(C)c(C)c2)cs1)c1cccc(C)c1C. The first kappa shape index (κ1) is 22.2. The highest BCUT2D eigenvalue weighted by atomic mass is 32.2. The fraction of sp³-hybridized carbons (Fsp3) is 0.261. The lowest BCUT2D eigenvalue weighted by molar-refractivity contribution is -0.115. The summed E-state index contributed by atoms with van der Waals surface area (Å²) >= 11 is 2.97. The number of rotatable bonds is 6. The van der Waals surface area contributed by atoms with E-state index in [1.54, 1.807) is 16.5 Å². The van der Waals surface area contributed by atoms with Crippen LogP contribution < -0.4 is 4.90 Å². The largest absolute Gasteiger partial charge is 0.274 e. The van der Waals surface area contributed by atoms with Gasteiger partial charge in [-0.05, 0) is 78.6 Å². The maximum Gasteiger partial charge on any atom is 0.230 e. The number of tetrazole rings is 1. The number of amides is 1. The second kappa shape index (κ2) is 9.22. The van der Waals surface area contributed by atoms with Crippen molar-refractivity contribution >= 4 is 39.8 Å². The monoisotopic (exact) mass is 464 g/mol. The number of thiazole rings is 1. The molecule has 2 aromatic heterocycles. The van der Waals surface area contributed by atoms with Crippen molar-refractivity contribution in [1.82, 2.24) is 25.2 Å². The van der Waals surface area contributed by atoms with Gasteiger partial charge < -0.3 is 0 Å². The Bertz CT molecular complexity index is 1280. The summed E-state index contributed by atoms with van der Waals surface area (Å²) in [4.78, 5) is 18.9. The molecule has 4 rings (SSSR count). The summed E-state index contributed by atoms with van der Waals surface area (Å²) in [5, 5.41) is 15.5. The van der Waals surface area contributed by atoms with Gasteiger partial charge in [0, 0.05) is 18.1 Å². The van der Waals surface area contributed by atoms with Crippen molar-refractivity contribution in [3.8, 4) is 5.69 Å². The number of benzene rings is 2. The van der Waals surface area contributed by atoms with E-state index in [0.29, 0.717) is 16.0 Å². The van der Waals surface area contributed by atoms with Crippen molar-refractivity contribution < 1.29 is 4.79 Å². The normalized spacial score (nSPS) is 11.0. The van der Waals surface area contributed by atoms with E-state index in [2.05, 4.69) is 41.5 Å². The lowest BCUT2D eigenvalue weighted by atomic mass is 10.1. The molecule has 0 aliphatic carbocycles. The first-order valence-electron chi connectivity index (χ1n) is 10.1. The molecule has 0 aliphatic rings. The minimum atomic E-state index is -0.0639. The Hall–Kier alpha value is -3.04. The van der Waals surface area contributed by atoms with Crippen molar-refractivity contribution in [3.63, 3.8) is 0 Å². The molecule has 0 bridgehead atoms. The van der Waals surface area contributed by atoms with Crippen LogP contribution >= 0.6 is 23.1 Å². The summed E-state index contributed by atoms with van der Waals surface area (Å²) < 4.78 is 1.74. The topological polar surface area (TPSA) is 76.8 Å². The Balaban J connectivity index is 1.54. The molecule has 0 aliphatic heterocycles. The number of hydrogen-bond acceptors (Lipinski definition) is 7. The maximum absolute atomic E-state index is 12.5. The summed E-state index contributed by atoms with van der Waals surface area (Å²) in [5.41, 5.74) is 7.29. The Morgan fingerprint density at radius 2 is 1.91 bits per heavy atom. The maximum atomic E-state index is 12.5. The van der Waals surface area contributed by atoms with Crippen LogP contribution in [0.2, 0.25) is 0 Å². The molecule has 1 amide bonds. The molecule has 0 radical (unpaired) electrons. The molecule has 0 spiro atoms. The van der Waals surface area contributed by atoms with Gasteiger partial charge in [-0.15, -0.1) is 16.4 Å². The second-order valence-corrected chi connectivity index (χ2v) is 9.40. The molecule has 0 fully saturated rings. The molecule has 0 saturated heterocycles. The molecule has 9 heteroatoms. The van der Waals surface area contributed by atoms with Crippen LogP contribution in [-0.2, 0) is 10.5 Å². The van der Waals surface area contributed by atoms with Crippen LogP contribution in [0.4, 0.5) is 10.8 Å². The molecule has 0 saturated carbocycles. The van der Waals surface area contributed by atoms with Gasteiger partial charge in [-0.2, -0.15) is 4.68 Å². The molecule has 7 nitrogen and oxygen atoms in total. The number of thioether (sulfide) groups is 1. The van der Waals surface area contributed by atoms with Crippen LogP contribution in [0.1, 0.15) is 34.9 Å². The minimum Gasteiger partial charge on any atom is -0.274 e. The standard InChI is InChI=1S/C23H24N6OS2/c1-14-9-10-20(11-16(14)3)29-23(25-26-27-29)32-13-19-12-31-22(24-19)28(18(5)30)21-8-6-7-15(2)17(21)4/h6-12H,13H2,1-5H3. The number of hydrogen-bond donors (Lipinski definition) is 0. The zero-order chi connectivity index (χ0) is 22.8. The Kier molecular flexibility index (Phi) is 6.38. The van der Waals surface area contributed by atoms with Gasteiger partial charge in [0.2, 0.25) is 11.1 Å². The highest BCUT2D eigenvalue weighted by Gasteiger charge is 2.20. The van der Waals surface area contributed by atoms with E-state index in [4.69, 9.17) is 4.98 Å². The number of aromatic nitrogens is 5. The molecule has 0 unspecified atom stereocenters. The highest BCUT2D eigenvalue weighted by molar-refractivity contribution is 7.98. The lowest BCUT2D eigenvalue weighted by Crippen LogP contribution is -2.23. The van der Waals surface area contributed by atoms with E-state index in [0.717, 1.165) is 28.2 Å². The van der Waals surface area contributed by atoms with Gasteiger partial charge >= 0.3 is 0 Å². The van der Waals surface area contributed by atoms with Crippen LogP contribution in [0, 0.1) is 27.7 Å². The van der Waals surface area contributed by atoms with E-state index in [9.17, 15) is 4.79 Å².